The van der Waals surface area contributed by atoms with E-state index in [-0.39, 0.29) is 43.0 Å². The maximum atomic E-state index is 12.8. The summed E-state index contributed by atoms with van der Waals surface area (Å²) in [5.41, 5.74) is 1.80. The van der Waals surface area contributed by atoms with Crippen molar-refractivity contribution < 1.29 is 13.2 Å². The molecule has 0 fully saturated rings. The maximum Gasteiger partial charge on any atom is 0.223 e. The normalized spacial score (nSPS) is 13.5. The van der Waals surface area contributed by atoms with Gasteiger partial charge in [-0.1, -0.05) is 28.1 Å². The standard InChI is InChI=1S/C20H25BrN4O3S/c1-14(11-22)13-25(19(26)5-4-10-29(3,27)28)15(2)20-23-12-18(24-20)16-6-8-17(21)9-7-16/h6-9,12,14-15H,4-5,10,13H2,1-3H3,(H,23,24)/t14-,15+/m1/s1. The fourth-order valence-electron chi connectivity index (χ4n) is 2.91. The second-order valence-electron chi connectivity index (χ2n) is 7.17. The van der Waals surface area contributed by atoms with Gasteiger partial charge in [0.05, 0.1) is 35.7 Å². The van der Waals surface area contributed by atoms with E-state index in [1.54, 1.807) is 18.0 Å². The Morgan fingerprint density at radius 3 is 2.55 bits per heavy atom. The van der Waals surface area contributed by atoms with Crippen molar-refractivity contribution in [1.82, 2.24) is 14.9 Å². The Morgan fingerprint density at radius 1 is 1.31 bits per heavy atom. The van der Waals surface area contributed by atoms with E-state index in [9.17, 15) is 18.5 Å². The molecule has 0 aliphatic rings. The van der Waals surface area contributed by atoms with Crippen molar-refractivity contribution >= 4 is 31.7 Å². The predicted octanol–water partition coefficient (Wildman–Crippen LogP) is 3.71. The van der Waals surface area contributed by atoms with Gasteiger partial charge >= 0.3 is 0 Å². The molecule has 0 saturated heterocycles. The monoisotopic (exact) mass is 480 g/mol. The number of hydrogen-bond acceptors (Lipinski definition) is 5. The first-order valence-corrected chi connectivity index (χ1v) is 12.1. The lowest BCUT2D eigenvalue weighted by molar-refractivity contribution is -0.134. The van der Waals surface area contributed by atoms with E-state index >= 15 is 0 Å². The fourth-order valence-corrected chi connectivity index (χ4v) is 3.85. The first-order valence-electron chi connectivity index (χ1n) is 9.28. The van der Waals surface area contributed by atoms with Crippen LogP contribution in [0.4, 0.5) is 0 Å². The van der Waals surface area contributed by atoms with Crippen LogP contribution in [-0.4, -0.2) is 47.7 Å². The molecular formula is C20H25BrN4O3S. The van der Waals surface area contributed by atoms with E-state index in [0.29, 0.717) is 5.82 Å². The average molecular weight is 481 g/mol. The number of hydrogen-bond donors (Lipinski definition) is 1. The summed E-state index contributed by atoms with van der Waals surface area (Å²) < 4.78 is 23.6. The second kappa shape index (κ2) is 10.0. The molecular weight excluding hydrogens is 456 g/mol. The number of H-pyrrole nitrogens is 1. The smallest absolute Gasteiger partial charge is 0.223 e. The summed E-state index contributed by atoms with van der Waals surface area (Å²) in [7, 11) is -3.12. The van der Waals surface area contributed by atoms with Gasteiger partial charge in [0.2, 0.25) is 5.91 Å². The number of nitrogens with zero attached hydrogens (tertiary/aromatic N) is 3. The Morgan fingerprint density at radius 2 is 1.97 bits per heavy atom. The molecule has 0 saturated carbocycles. The Labute approximate surface area is 180 Å². The topological polar surface area (TPSA) is 107 Å². The van der Waals surface area contributed by atoms with Crippen molar-refractivity contribution in [2.45, 2.75) is 32.7 Å². The number of carbonyl (C=O) groups is 1. The molecule has 0 spiro atoms. The molecule has 29 heavy (non-hydrogen) atoms. The van der Waals surface area contributed by atoms with E-state index in [1.807, 2.05) is 31.2 Å². The molecule has 2 aromatic rings. The quantitative estimate of drug-likeness (QED) is 0.588. The Balaban J connectivity index is 2.18. The van der Waals surface area contributed by atoms with Crippen molar-refractivity contribution in [2.24, 2.45) is 5.92 Å². The SMILES string of the molecule is C[C@H](C#N)CN(C(=O)CCCS(C)(=O)=O)[C@@H](C)c1ncc(-c2ccc(Br)cc2)[nH]1. The minimum absolute atomic E-state index is 0.0385. The number of benzene rings is 1. The fraction of sp³-hybridized carbons (Fsp3) is 0.450. The maximum absolute atomic E-state index is 12.8. The predicted molar refractivity (Wildman–Crippen MR) is 116 cm³/mol. The van der Waals surface area contributed by atoms with Crippen LogP contribution in [0.3, 0.4) is 0 Å². The van der Waals surface area contributed by atoms with Gasteiger partial charge in [-0.2, -0.15) is 5.26 Å². The summed E-state index contributed by atoms with van der Waals surface area (Å²) in [5, 5.41) is 9.18. The number of amides is 1. The summed E-state index contributed by atoms with van der Waals surface area (Å²) >= 11 is 3.41. The third kappa shape index (κ3) is 6.98. The van der Waals surface area contributed by atoms with Crippen molar-refractivity contribution in [3.05, 3.63) is 40.8 Å². The molecule has 7 nitrogen and oxygen atoms in total. The molecule has 9 heteroatoms. The lowest BCUT2D eigenvalue weighted by Gasteiger charge is -2.29. The van der Waals surface area contributed by atoms with E-state index in [0.717, 1.165) is 22.0 Å². The molecule has 2 atom stereocenters. The van der Waals surface area contributed by atoms with Gasteiger partial charge in [0.25, 0.3) is 0 Å². The highest BCUT2D eigenvalue weighted by Crippen LogP contribution is 2.25. The van der Waals surface area contributed by atoms with Gasteiger partial charge in [0.1, 0.15) is 15.7 Å². The molecule has 1 N–H and O–H groups in total. The number of carbonyl (C=O) groups excluding carboxylic acids is 1. The largest absolute Gasteiger partial charge is 0.340 e. The highest BCUT2D eigenvalue weighted by atomic mass is 79.9. The number of imidazole rings is 1. The van der Waals surface area contributed by atoms with Crippen LogP contribution in [0.2, 0.25) is 0 Å². The highest BCUT2D eigenvalue weighted by molar-refractivity contribution is 9.10. The summed E-state index contributed by atoms with van der Waals surface area (Å²) in [6.07, 6.45) is 3.23. The number of aromatic amines is 1. The molecule has 0 aliphatic heterocycles. The Hall–Kier alpha value is -2.18. The third-order valence-electron chi connectivity index (χ3n) is 4.53. The average Bonchev–Trinajstić information content (AvgIpc) is 3.15. The van der Waals surface area contributed by atoms with Gasteiger partial charge in [-0.05, 0) is 38.0 Å². The molecule has 0 aliphatic carbocycles. The van der Waals surface area contributed by atoms with Crippen LogP contribution in [0.15, 0.2) is 34.9 Å². The molecule has 2 rings (SSSR count). The molecule has 0 bridgehead atoms. The van der Waals surface area contributed by atoms with Crippen LogP contribution in [0.25, 0.3) is 11.3 Å². The van der Waals surface area contributed by atoms with Gasteiger partial charge in [0.15, 0.2) is 0 Å². The number of sulfone groups is 1. The lowest BCUT2D eigenvalue weighted by atomic mass is 10.1. The van der Waals surface area contributed by atoms with Crippen molar-refractivity contribution in [1.29, 1.82) is 5.26 Å². The summed E-state index contributed by atoms with van der Waals surface area (Å²) in [5.74, 6) is 0.0371. The minimum atomic E-state index is -3.12. The second-order valence-corrected chi connectivity index (χ2v) is 10.4. The van der Waals surface area contributed by atoms with Crippen molar-refractivity contribution in [2.75, 3.05) is 18.6 Å². The van der Waals surface area contributed by atoms with Crippen LogP contribution < -0.4 is 0 Å². The minimum Gasteiger partial charge on any atom is -0.340 e. The van der Waals surface area contributed by atoms with Crippen molar-refractivity contribution in [3.63, 3.8) is 0 Å². The number of halogens is 1. The number of nitrogens with one attached hydrogen (secondary N) is 1. The van der Waals surface area contributed by atoms with Crippen LogP contribution in [0, 0.1) is 17.2 Å². The zero-order chi connectivity index (χ0) is 21.6. The molecule has 1 heterocycles. The first kappa shape index (κ1) is 23.1. The van der Waals surface area contributed by atoms with E-state index in [1.165, 1.54) is 0 Å². The number of rotatable bonds is 9. The van der Waals surface area contributed by atoms with Crippen LogP contribution >= 0.6 is 15.9 Å². The van der Waals surface area contributed by atoms with E-state index < -0.39 is 9.84 Å². The van der Waals surface area contributed by atoms with Gasteiger partial charge < -0.3 is 9.88 Å². The zero-order valence-corrected chi connectivity index (χ0v) is 19.1. The molecule has 0 radical (unpaired) electrons. The van der Waals surface area contributed by atoms with Crippen LogP contribution in [0.5, 0.6) is 0 Å². The molecule has 156 valence electrons. The van der Waals surface area contributed by atoms with Gasteiger partial charge in [-0.25, -0.2) is 13.4 Å². The molecule has 1 aromatic heterocycles. The Bertz CT molecular complexity index is 980. The lowest BCUT2D eigenvalue weighted by Crippen LogP contribution is -2.37. The van der Waals surface area contributed by atoms with Crippen molar-refractivity contribution in [3.8, 4) is 17.3 Å². The van der Waals surface area contributed by atoms with Crippen LogP contribution in [-0.2, 0) is 14.6 Å². The van der Waals surface area contributed by atoms with E-state index in [2.05, 4.69) is 32.0 Å². The van der Waals surface area contributed by atoms with Gasteiger partial charge in [-0.15, -0.1) is 0 Å². The molecule has 1 amide bonds. The first-order chi connectivity index (χ1) is 13.6. The summed E-state index contributed by atoms with van der Waals surface area (Å²) in [6.45, 7) is 3.85. The number of nitriles is 1. The van der Waals surface area contributed by atoms with E-state index in [4.69, 9.17) is 0 Å². The third-order valence-corrected chi connectivity index (χ3v) is 6.09. The summed E-state index contributed by atoms with van der Waals surface area (Å²) in [6, 6.07) is 9.56. The molecule has 0 unspecified atom stereocenters. The highest BCUT2D eigenvalue weighted by Gasteiger charge is 2.25. The van der Waals surface area contributed by atoms with Gasteiger partial charge in [0, 0.05) is 23.7 Å². The van der Waals surface area contributed by atoms with Crippen LogP contribution in [0.1, 0.15) is 38.6 Å². The Kier molecular flexibility index (Phi) is 7.99. The summed E-state index contributed by atoms with van der Waals surface area (Å²) in [4.78, 5) is 22.1. The van der Waals surface area contributed by atoms with Gasteiger partial charge in [-0.3, -0.25) is 4.79 Å². The zero-order valence-electron chi connectivity index (χ0n) is 16.7. The molecule has 1 aromatic carbocycles. The number of aromatic nitrogens is 2.